The largest absolute Gasteiger partial charge is 0.507 e. The van der Waals surface area contributed by atoms with Crippen molar-refractivity contribution in [1.29, 1.82) is 0 Å². The molecular formula is C29H33N3O11. The van der Waals surface area contributed by atoms with E-state index in [1.807, 2.05) is 0 Å². The Bertz CT molecular complexity index is 1530. The first kappa shape index (κ1) is 30.5. The number of aromatic hydroxyl groups is 2. The molecule has 1 fully saturated rings. The maximum atomic E-state index is 13.8. The number of rotatable bonds is 6. The van der Waals surface area contributed by atoms with Gasteiger partial charge in [0.05, 0.1) is 47.8 Å². The van der Waals surface area contributed by atoms with Crippen molar-refractivity contribution in [3.8, 4) is 17.2 Å². The van der Waals surface area contributed by atoms with E-state index in [9.17, 15) is 34.8 Å². The molecule has 230 valence electrons. The number of amides is 1. The molecular weight excluding hydrogens is 566 g/mol. The summed E-state index contributed by atoms with van der Waals surface area (Å²) < 4.78 is 17.3. The van der Waals surface area contributed by atoms with Crippen LogP contribution in [0.5, 0.6) is 17.2 Å². The minimum Gasteiger partial charge on any atom is -0.507 e. The van der Waals surface area contributed by atoms with Gasteiger partial charge in [0.25, 0.3) is 5.91 Å². The van der Waals surface area contributed by atoms with Crippen LogP contribution in [0.15, 0.2) is 23.3 Å². The molecule has 0 spiro atoms. The van der Waals surface area contributed by atoms with Crippen LogP contribution in [0.2, 0.25) is 0 Å². The molecule has 0 radical (unpaired) electrons. The number of hydrazone groups is 1. The van der Waals surface area contributed by atoms with Crippen LogP contribution in [-0.4, -0.2) is 92.6 Å². The summed E-state index contributed by atoms with van der Waals surface area (Å²) in [6, 6.07) is 3.69. The Kier molecular flexibility index (Phi) is 8.02. The zero-order valence-corrected chi connectivity index (χ0v) is 23.7. The lowest BCUT2D eigenvalue weighted by Crippen LogP contribution is -2.52. The van der Waals surface area contributed by atoms with Crippen LogP contribution in [0.25, 0.3) is 0 Å². The third-order valence-corrected chi connectivity index (χ3v) is 8.31. The molecule has 14 heteroatoms. The second kappa shape index (κ2) is 11.3. The molecule has 6 atom stereocenters. The number of benzene rings is 2. The Hall–Kier alpha value is -3.92. The quantitative estimate of drug-likeness (QED) is 0.112. The van der Waals surface area contributed by atoms with Crippen LogP contribution in [0.1, 0.15) is 75.8 Å². The summed E-state index contributed by atoms with van der Waals surface area (Å²) >= 11 is 0. The molecule has 1 amide bonds. The van der Waals surface area contributed by atoms with Gasteiger partial charge >= 0.3 is 0 Å². The summed E-state index contributed by atoms with van der Waals surface area (Å²) in [5.41, 5.74) is 5.10. The minimum atomic E-state index is -1.91. The van der Waals surface area contributed by atoms with Crippen LogP contribution < -0.4 is 15.9 Å². The molecule has 43 heavy (non-hydrogen) atoms. The van der Waals surface area contributed by atoms with Gasteiger partial charge in [-0.15, -0.1) is 0 Å². The molecule has 14 nitrogen and oxygen atoms in total. The molecule has 2 aliphatic carbocycles. The number of carbonyl (C=O) groups is 3. The summed E-state index contributed by atoms with van der Waals surface area (Å²) in [5.74, 6) is -3.49. The third kappa shape index (κ3) is 5.05. The summed E-state index contributed by atoms with van der Waals surface area (Å²) in [7, 11) is 1.33. The van der Waals surface area contributed by atoms with E-state index in [4.69, 9.17) is 25.1 Å². The smallest absolute Gasteiger partial charge is 0.265 e. The summed E-state index contributed by atoms with van der Waals surface area (Å²) in [6.45, 7) is 2.15. The maximum Gasteiger partial charge on any atom is 0.265 e. The van der Waals surface area contributed by atoms with Crippen molar-refractivity contribution >= 4 is 23.2 Å². The van der Waals surface area contributed by atoms with Crippen molar-refractivity contribution in [2.24, 2.45) is 10.8 Å². The normalized spacial score (nSPS) is 28.5. The van der Waals surface area contributed by atoms with Gasteiger partial charge < -0.3 is 45.5 Å². The number of nitrogens with one attached hydrogen (secondary N) is 1. The van der Waals surface area contributed by atoms with Crippen molar-refractivity contribution in [3.05, 3.63) is 51.6 Å². The number of fused-ring (bicyclic) bond motifs is 3. The number of methoxy groups -OCH3 is 1. The van der Waals surface area contributed by atoms with Gasteiger partial charge in [0.2, 0.25) is 5.78 Å². The van der Waals surface area contributed by atoms with Gasteiger partial charge in [0, 0.05) is 42.0 Å². The van der Waals surface area contributed by atoms with E-state index in [-0.39, 0.29) is 46.6 Å². The van der Waals surface area contributed by atoms with Gasteiger partial charge in [0.15, 0.2) is 12.1 Å². The number of ketones is 2. The number of nitrogens with zero attached hydrogens (tertiary/aromatic N) is 1. The molecule has 0 aromatic heterocycles. The van der Waals surface area contributed by atoms with Gasteiger partial charge in [-0.3, -0.25) is 14.4 Å². The fourth-order valence-corrected chi connectivity index (χ4v) is 5.95. The van der Waals surface area contributed by atoms with Crippen molar-refractivity contribution in [3.63, 3.8) is 0 Å². The highest BCUT2D eigenvalue weighted by Gasteiger charge is 2.49. The number of ether oxygens (including phenoxy) is 3. The Labute approximate surface area is 245 Å². The standard InChI is InChI=1S/C29H33N3O11/c1-11-24(35)15(30)7-19(42-11)43-17-9-29(40,12(2)31-32-18(34)10-33)8-14-21(17)28(39)23-22(26(14)37)25(36)13-5-4-6-16(41-3)20(13)27(23)38/h4-6,11,15,17,19,24,33,35,37,39-40H,7-10,30H2,1-3H3,(H,32,34)/b31-12-/t11-,15-,17-,19+,24+,29+/m1/s1. The molecule has 1 heterocycles. The van der Waals surface area contributed by atoms with Gasteiger partial charge in [-0.05, 0) is 19.9 Å². The van der Waals surface area contributed by atoms with E-state index >= 15 is 0 Å². The number of aliphatic hydroxyl groups is 3. The fourth-order valence-electron chi connectivity index (χ4n) is 5.95. The summed E-state index contributed by atoms with van der Waals surface area (Å²) in [6.07, 6.45) is -4.64. The predicted molar refractivity (Wildman–Crippen MR) is 148 cm³/mol. The number of nitrogens with two attached hydrogens (primary N) is 1. The SMILES string of the molecule is COc1cccc2c1C(=O)c1c(O)c3c(c(O)c1C2=O)C[C@@](O)(/C(C)=N\NC(=O)CO)C[C@H]3O[C@H]1C[C@@H](N)[C@@H](O)[C@@H](C)O1. The Morgan fingerprint density at radius 1 is 1.19 bits per heavy atom. The van der Waals surface area contributed by atoms with Crippen molar-refractivity contribution in [2.75, 3.05) is 13.7 Å². The molecule has 3 aliphatic rings. The lowest BCUT2D eigenvalue weighted by Gasteiger charge is -2.42. The van der Waals surface area contributed by atoms with Crippen LogP contribution in [0, 0.1) is 0 Å². The molecule has 0 saturated carbocycles. The van der Waals surface area contributed by atoms with Gasteiger partial charge in [-0.25, -0.2) is 5.43 Å². The van der Waals surface area contributed by atoms with Gasteiger partial charge in [-0.2, -0.15) is 5.10 Å². The van der Waals surface area contributed by atoms with Crippen LogP contribution in [-0.2, 0) is 20.7 Å². The van der Waals surface area contributed by atoms with E-state index in [0.29, 0.717) is 0 Å². The lowest BCUT2D eigenvalue weighted by molar-refractivity contribution is -0.245. The topological polar surface area (TPSA) is 230 Å². The Morgan fingerprint density at radius 2 is 1.88 bits per heavy atom. The first-order valence-electron chi connectivity index (χ1n) is 13.6. The van der Waals surface area contributed by atoms with E-state index < -0.39 is 89.4 Å². The maximum absolute atomic E-state index is 13.8. The number of hydrogen-bond donors (Lipinski definition) is 7. The molecule has 8 N–H and O–H groups in total. The average molecular weight is 600 g/mol. The Morgan fingerprint density at radius 3 is 2.53 bits per heavy atom. The molecule has 0 unspecified atom stereocenters. The Balaban J connectivity index is 1.67. The number of phenols is 2. The fraction of sp³-hybridized carbons (Fsp3) is 0.448. The first-order chi connectivity index (χ1) is 20.3. The monoisotopic (exact) mass is 599 g/mol. The van der Waals surface area contributed by atoms with Crippen LogP contribution >= 0.6 is 0 Å². The minimum absolute atomic E-state index is 0.0345. The second-order valence-corrected chi connectivity index (χ2v) is 11.0. The predicted octanol–water partition coefficient (Wildman–Crippen LogP) is -0.0757. The van der Waals surface area contributed by atoms with Crippen molar-refractivity contribution in [1.82, 2.24) is 5.43 Å². The summed E-state index contributed by atoms with van der Waals surface area (Å²) in [4.78, 5) is 39.1. The van der Waals surface area contributed by atoms with Crippen molar-refractivity contribution in [2.45, 2.75) is 69.4 Å². The number of aliphatic hydroxyl groups excluding tert-OH is 2. The highest BCUT2D eigenvalue weighted by molar-refractivity contribution is 6.31. The second-order valence-electron chi connectivity index (χ2n) is 11.0. The zero-order chi connectivity index (χ0) is 31.4. The molecule has 0 bridgehead atoms. The zero-order valence-electron chi connectivity index (χ0n) is 23.7. The van der Waals surface area contributed by atoms with E-state index in [2.05, 4.69) is 10.5 Å². The lowest BCUT2D eigenvalue weighted by atomic mass is 9.72. The number of hydrogen-bond acceptors (Lipinski definition) is 13. The molecule has 1 aliphatic heterocycles. The van der Waals surface area contributed by atoms with Crippen LogP contribution in [0.4, 0.5) is 0 Å². The van der Waals surface area contributed by atoms with E-state index in [0.717, 1.165) is 0 Å². The highest BCUT2D eigenvalue weighted by atomic mass is 16.7. The average Bonchev–Trinajstić information content (AvgIpc) is 2.98. The number of carbonyl (C=O) groups excluding carboxylic acids is 3. The molecule has 1 saturated heterocycles. The van der Waals surface area contributed by atoms with Crippen LogP contribution in [0.3, 0.4) is 0 Å². The number of phenolic OH excluding ortho intramolecular Hbond substituents is 2. The first-order valence-corrected chi connectivity index (χ1v) is 13.6. The van der Waals surface area contributed by atoms with E-state index in [1.165, 1.54) is 32.2 Å². The molecule has 2 aromatic carbocycles. The molecule has 2 aromatic rings. The van der Waals surface area contributed by atoms with Gasteiger partial charge in [-0.1, -0.05) is 12.1 Å². The molecule has 5 rings (SSSR count). The van der Waals surface area contributed by atoms with Crippen molar-refractivity contribution < 1.29 is 54.1 Å². The summed E-state index contributed by atoms with van der Waals surface area (Å²) in [5, 5.41) is 58.1. The highest BCUT2D eigenvalue weighted by Crippen LogP contribution is 2.52. The van der Waals surface area contributed by atoms with Gasteiger partial charge in [0.1, 0.15) is 29.5 Å². The third-order valence-electron chi connectivity index (χ3n) is 8.31. The van der Waals surface area contributed by atoms with E-state index in [1.54, 1.807) is 6.92 Å².